The minimum atomic E-state index is -0.541. The summed E-state index contributed by atoms with van der Waals surface area (Å²) in [6.07, 6.45) is -0.437. The highest BCUT2D eigenvalue weighted by Crippen LogP contribution is 2.22. The van der Waals surface area contributed by atoms with E-state index in [1.165, 1.54) is 4.57 Å². The highest BCUT2D eigenvalue weighted by Gasteiger charge is 2.21. The number of benzene rings is 1. The highest BCUT2D eigenvalue weighted by atomic mass is 16.6. The van der Waals surface area contributed by atoms with E-state index in [0.717, 1.165) is 0 Å². The molecule has 0 bridgehead atoms. The molecule has 0 aliphatic carbocycles. The number of hydrogen-bond donors (Lipinski definition) is 1. The minimum Gasteiger partial charge on any atom is -0.443 e. The van der Waals surface area contributed by atoms with Crippen molar-refractivity contribution in [3.8, 4) is 0 Å². The molecule has 5 nitrogen and oxygen atoms in total. The number of nitrogen functional groups attached to an aromatic ring is 1. The highest BCUT2D eigenvalue weighted by molar-refractivity contribution is 5.93. The van der Waals surface area contributed by atoms with Gasteiger partial charge in [-0.3, -0.25) is 0 Å². The molecule has 5 heteroatoms. The lowest BCUT2D eigenvalue weighted by atomic mass is 10.2. The SMILES string of the molecule is Cc1nc2c(N)cccc2n1C(=O)OC(C)(C)C. The first-order valence-corrected chi connectivity index (χ1v) is 5.76. The maximum absolute atomic E-state index is 12.1. The zero-order valence-corrected chi connectivity index (χ0v) is 11.0. The van der Waals surface area contributed by atoms with Crippen LogP contribution in [0.1, 0.15) is 26.6 Å². The van der Waals surface area contributed by atoms with Gasteiger partial charge in [0.1, 0.15) is 16.9 Å². The minimum absolute atomic E-state index is 0.437. The topological polar surface area (TPSA) is 70.1 Å². The number of aryl methyl sites for hydroxylation is 1. The van der Waals surface area contributed by atoms with E-state index in [-0.39, 0.29) is 0 Å². The summed E-state index contributed by atoms with van der Waals surface area (Å²) in [7, 11) is 0. The summed E-state index contributed by atoms with van der Waals surface area (Å²) in [5.41, 5.74) is 7.14. The van der Waals surface area contributed by atoms with Gasteiger partial charge in [-0.25, -0.2) is 14.3 Å². The number of carbonyl (C=O) groups excluding carboxylic acids is 1. The largest absolute Gasteiger partial charge is 0.443 e. The second-order valence-corrected chi connectivity index (χ2v) is 5.19. The van der Waals surface area contributed by atoms with Gasteiger partial charge in [-0.2, -0.15) is 0 Å². The van der Waals surface area contributed by atoms with Gasteiger partial charge in [0.2, 0.25) is 0 Å². The molecule has 0 aliphatic heterocycles. The van der Waals surface area contributed by atoms with Crippen molar-refractivity contribution in [2.45, 2.75) is 33.3 Å². The summed E-state index contributed by atoms with van der Waals surface area (Å²) in [6.45, 7) is 7.23. The summed E-state index contributed by atoms with van der Waals surface area (Å²) in [4.78, 5) is 16.4. The number of ether oxygens (including phenoxy) is 1. The third-order valence-electron chi connectivity index (χ3n) is 2.46. The molecule has 0 atom stereocenters. The van der Waals surface area contributed by atoms with Crippen molar-refractivity contribution in [1.82, 2.24) is 9.55 Å². The van der Waals surface area contributed by atoms with Gasteiger partial charge in [-0.05, 0) is 39.8 Å². The Morgan fingerprint density at radius 3 is 2.67 bits per heavy atom. The molecule has 1 aromatic heterocycles. The molecular weight excluding hydrogens is 230 g/mol. The van der Waals surface area contributed by atoms with Gasteiger partial charge in [-0.1, -0.05) is 6.07 Å². The van der Waals surface area contributed by atoms with Crippen LogP contribution in [0.2, 0.25) is 0 Å². The van der Waals surface area contributed by atoms with Crippen molar-refractivity contribution in [2.24, 2.45) is 0 Å². The summed E-state index contributed by atoms with van der Waals surface area (Å²) >= 11 is 0. The number of anilines is 1. The lowest BCUT2D eigenvalue weighted by molar-refractivity contribution is 0.0540. The Labute approximate surface area is 106 Å². The van der Waals surface area contributed by atoms with E-state index in [9.17, 15) is 4.79 Å². The van der Waals surface area contributed by atoms with Crippen LogP contribution in [0.25, 0.3) is 11.0 Å². The van der Waals surface area contributed by atoms with Crippen molar-refractivity contribution >= 4 is 22.8 Å². The summed E-state index contributed by atoms with van der Waals surface area (Å²) in [5, 5.41) is 0. The number of aromatic nitrogens is 2. The predicted octanol–water partition coefficient (Wildman–Crippen LogP) is 2.71. The Kier molecular flexibility index (Phi) is 2.77. The number of fused-ring (bicyclic) bond motifs is 1. The maximum atomic E-state index is 12.1. The van der Waals surface area contributed by atoms with Gasteiger partial charge in [-0.15, -0.1) is 0 Å². The number of nitrogens with two attached hydrogens (primary N) is 1. The van der Waals surface area contributed by atoms with E-state index in [0.29, 0.717) is 22.5 Å². The molecule has 2 aromatic rings. The van der Waals surface area contributed by atoms with E-state index in [1.807, 2.05) is 20.8 Å². The number of nitrogens with zero attached hydrogens (tertiary/aromatic N) is 2. The van der Waals surface area contributed by atoms with Gasteiger partial charge in [0.05, 0.1) is 11.2 Å². The Bertz CT molecular complexity index is 608. The molecule has 0 spiro atoms. The van der Waals surface area contributed by atoms with E-state index >= 15 is 0 Å². The van der Waals surface area contributed by atoms with Crippen molar-refractivity contribution in [1.29, 1.82) is 0 Å². The fourth-order valence-corrected chi connectivity index (χ4v) is 1.78. The molecule has 2 rings (SSSR count). The molecule has 0 saturated heterocycles. The molecule has 2 N–H and O–H groups in total. The van der Waals surface area contributed by atoms with Crippen LogP contribution in [0.5, 0.6) is 0 Å². The van der Waals surface area contributed by atoms with E-state index in [2.05, 4.69) is 4.98 Å². The summed E-state index contributed by atoms with van der Waals surface area (Å²) in [6, 6.07) is 5.35. The van der Waals surface area contributed by atoms with Crippen LogP contribution in [0.3, 0.4) is 0 Å². The number of rotatable bonds is 0. The van der Waals surface area contributed by atoms with E-state index < -0.39 is 11.7 Å². The molecule has 0 saturated carbocycles. The molecule has 1 aromatic carbocycles. The van der Waals surface area contributed by atoms with Crippen molar-refractivity contribution in [2.75, 3.05) is 5.73 Å². The lowest BCUT2D eigenvalue weighted by Gasteiger charge is -2.20. The zero-order chi connectivity index (χ0) is 13.5. The Balaban J connectivity index is 2.54. The van der Waals surface area contributed by atoms with Crippen LogP contribution in [-0.2, 0) is 4.74 Å². The second-order valence-electron chi connectivity index (χ2n) is 5.19. The fraction of sp³-hybridized carbons (Fsp3) is 0.385. The quantitative estimate of drug-likeness (QED) is 0.727. The first kappa shape index (κ1) is 12.4. The third-order valence-corrected chi connectivity index (χ3v) is 2.46. The molecule has 0 fully saturated rings. The summed E-state index contributed by atoms with van der Waals surface area (Å²) < 4.78 is 6.80. The first-order chi connectivity index (χ1) is 8.29. The molecule has 96 valence electrons. The van der Waals surface area contributed by atoms with Gasteiger partial charge in [0, 0.05) is 0 Å². The smallest absolute Gasteiger partial charge is 0.420 e. The Hall–Kier alpha value is -2.04. The second kappa shape index (κ2) is 4.01. The number of para-hydroxylation sites is 1. The zero-order valence-electron chi connectivity index (χ0n) is 11.0. The van der Waals surface area contributed by atoms with Crippen molar-refractivity contribution < 1.29 is 9.53 Å². The van der Waals surface area contributed by atoms with Crippen LogP contribution >= 0.6 is 0 Å². The molecule has 0 unspecified atom stereocenters. The van der Waals surface area contributed by atoms with Gasteiger partial charge < -0.3 is 10.5 Å². The predicted molar refractivity (Wildman–Crippen MR) is 70.5 cm³/mol. The van der Waals surface area contributed by atoms with Crippen molar-refractivity contribution in [3.05, 3.63) is 24.0 Å². The maximum Gasteiger partial charge on any atom is 0.420 e. The van der Waals surface area contributed by atoms with Crippen LogP contribution in [-0.4, -0.2) is 21.2 Å². The summed E-state index contributed by atoms with van der Waals surface area (Å²) in [5.74, 6) is 0.567. The normalized spacial score (nSPS) is 11.8. The molecule has 0 radical (unpaired) electrons. The van der Waals surface area contributed by atoms with Crippen LogP contribution < -0.4 is 5.73 Å². The molecule has 1 heterocycles. The number of carbonyl (C=O) groups is 1. The van der Waals surface area contributed by atoms with E-state index in [4.69, 9.17) is 10.5 Å². The third kappa shape index (κ3) is 2.16. The Morgan fingerprint density at radius 2 is 2.06 bits per heavy atom. The average molecular weight is 247 g/mol. The standard InChI is InChI=1S/C13H17N3O2/c1-8-15-11-9(14)6-5-7-10(11)16(8)12(17)18-13(2,3)4/h5-7H,14H2,1-4H3. The first-order valence-electron chi connectivity index (χ1n) is 5.76. The van der Waals surface area contributed by atoms with Crippen LogP contribution in [0.15, 0.2) is 18.2 Å². The van der Waals surface area contributed by atoms with Gasteiger partial charge in [0.15, 0.2) is 0 Å². The van der Waals surface area contributed by atoms with Crippen LogP contribution in [0.4, 0.5) is 10.5 Å². The van der Waals surface area contributed by atoms with E-state index in [1.54, 1.807) is 25.1 Å². The lowest BCUT2D eigenvalue weighted by Crippen LogP contribution is -2.27. The molecule has 0 aliphatic rings. The fourth-order valence-electron chi connectivity index (χ4n) is 1.78. The molecule has 18 heavy (non-hydrogen) atoms. The monoisotopic (exact) mass is 247 g/mol. The number of hydrogen-bond acceptors (Lipinski definition) is 4. The van der Waals surface area contributed by atoms with Gasteiger partial charge >= 0.3 is 6.09 Å². The molecule has 0 amide bonds. The number of imidazole rings is 1. The van der Waals surface area contributed by atoms with Crippen LogP contribution in [0, 0.1) is 6.92 Å². The Morgan fingerprint density at radius 1 is 1.39 bits per heavy atom. The average Bonchev–Trinajstić information content (AvgIpc) is 2.53. The van der Waals surface area contributed by atoms with Crippen molar-refractivity contribution in [3.63, 3.8) is 0 Å². The molecular formula is C13H17N3O2. The van der Waals surface area contributed by atoms with Gasteiger partial charge in [0.25, 0.3) is 0 Å².